The van der Waals surface area contributed by atoms with Crippen LogP contribution in [0.15, 0.2) is 47.2 Å². The smallest absolute Gasteiger partial charge is 0.326 e. The van der Waals surface area contributed by atoms with E-state index in [1.807, 2.05) is 0 Å². The molecule has 5 rings (SSSR count). The van der Waals surface area contributed by atoms with Gasteiger partial charge in [0, 0.05) is 24.9 Å². The first kappa shape index (κ1) is 23.2. The van der Waals surface area contributed by atoms with Crippen molar-refractivity contribution in [3.8, 4) is 5.75 Å². The molecule has 180 valence electrons. The molecule has 2 aromatic heterocycles. The standard InChI is InChI=1S/C24H21N3O6S2/c28-19(26-10-3-6-16(26)23(31)32)9-11-27(22(30)18-8-4-12-34-18)24-25-15(13-35-24)21-20(29)14-5-1-2-7-17(14)33-21/h1-2,4-5,7-8,12-13,16,21H,3,6,9-11H2,(H,31,32). The molecule has 11 heteroatoms. The second-order valence-corrected chi connectivity index (χ2v) is 9.96. The van der Waals surface area contributed by atoms with Gasteiger partial charge in [-0.2, -0.15) is 0 Å². The van der Waals surface area contributed by atoms with E-state index in [0.29, 0.717) is 46.4 Å². The normalized spacial score (nSPS) is 18.9. The number of thiazole rings is 1. The van der Waals surface area contributed by atoms with Crippen molar-refractivity contribution >= 4 is 51.4 Å². The van der Waals surface area contributed by atoms with Gasteiger partial charge in [0.25, 0.3) is 5.91 Å². The number of hydrogen-bond acceptors (Lipinski definition) is 8. The number of aliphatic carboxylic acids is 1. The molecule has 2 aliphatic heterocycles. The Balaban J connectivity index is 1.36. The fraction of sp³-hybridized carbons (Fsp3) is 0.292. The number of amides is 2. The van der Waals surface area contributed by atoms with Crippen LogP contribution in [0, 0.1) is 0 Å². The van der Waals surface area contributed by atoms with Gasteiger partial charge in [0.05, 0.1) is 10.4 Å². The van der Waals surface area contributed by atoms with Gasteiger partial charge in [-0.1, -0.05) is 18.2 Å². The molecule has 0 radical (unpaired) electrons. The van der Waals surface area contributed by atoms with Crippen molar-refractivity contribution in [2.24, 2.45) is 0 Å². The Morgan fingerprint density at radius 1 is 1.17 bits per heavy atom. The van der Waals surface area contributed by atoms with Crippen LogP contribution in [0.1, 0.15) is 51.1 Å². The molecule has 1 fully saturated rings. The molecule has 2 aliphatic rings. The number of ether oxygens (including phenoxy) is 1. The van der Waals surface area contributed by atoms with E-state index in [-0.39, 0.29) is 30.6 Å². The number of carboxylic acid groups (broad SMARTS) is 1. The first-order valence-corrected chi connectivity index (χ1v) is 12.8. The fourth-order valence-corrected chi connectivity index (χ4v) is 5.83. The number of fused-ring (bicyclic) bond motifs is 1. The van der Waals surface area contributed by atoms with Crippen molar-refractivity contribution in [1.29, 1.82) is 0 Å². The van der Waals surface area contributed by atoms with Crippen LogP contribution in [0.5, 0.6) is 5.75 Å². The zero-order valence-electron chi connectivity index (χ0n) is 18.5. The molecule has 2 unspecified atom stereocenters. The van der Waals surface area contributed by atoms with Gasteiger partial charge < -0.3 is 14.7 Å². The molecule has 0 spiro atoms. The number of anilines is 1. The summed E-state index contributed by atoms with van der Waals surface area (Å²) >= 11 is 2.46. The number of Topliss-reactive ketones (excluding diaryl/α,β-unsaturated/α-hetero) is 1. The largest absolute Gasteiger partial charge is 0.480 e. The number of aromatic nitrogens is 1. The molecule has 2 amide bonds. The SMILES string of the molecule is O=C1c2ccccc2OC1c1csc(N(CCC(=O)N2CCCC2C(=O)O)C(=O)c2cccs2)n1. The highest BCUT2D eigenvalue weighted by molar-refractivity contribution is 7.14. The first-order valence-electron chi connectivity index (χ1n) is 11.1. The van der Waals surface area contributed by atoms with Crippen LogP contribution >= 0.6 is 22.7 Å². The number of benzene rings is 1. The Morgan fingerprint density at radius 2 is 2.00 bits per heavy atom. The third-order valence-electron chi connectivity index (χ3n) is 6.03. The molecule has 0 aliphatic carbocycles. The van der Waals surface area contributed by atoms with Crippen LogP contribution < -0.4 is 9.64 Å². The van der Waals surface area contributed by atoms with E-state index in [4.69, 9.17) is 4.74 Å². The summed E-state index contributed by atoms with van der Waals surface area (Å²) in [5.41, 5.74) is 0.884. The second-order valence-electron chi connectivity index (χ2n) is 8.18. The number of hydrogen-bond donors (Lipinski definition) is 1. The highest BCUT2D eigenvalue weighted by atomic mass is 32.1. The van der Waals surface area contributed by atoms with Crippen molar-refractivity contribution in [1.82, 2.24) is 9.88 Å². The minimum Gasteiger partial charge on any atom is -0.480 e. The Morgan fingerprint density at radius 3 is 2.74 bits per heavy atom. The molecule has 1 N–H and O–H groups in total. The maximum Gasteiger partial charge on any atom is 0.326 e. The minimum absolute atomic E-state index is 0.0328. The van der Waals surface area contributed by atoms with Crippen LogP contribution in [0.2, 0.25) is 0 Å². The molecule has 0 saturated carbocycles. The maximum atomic E-state index is 13.3. The number of likely N-dealkylation sites (tertiary alicyclic amines) is 1. The highest BCUT2D eigenvalue weighted by Gasteiger charge is 2.37. The van der Waals surface area contributed by atoms with Gasteiger partial charge >= 0.3 is 5.97 Å². The molecule has 9 nitrogen and oxygen atoms in total. The second kappa shape index (κ2) is 9.59. The van der Waals surface area contributed by atoms with Gasteiger partial charge in [0.2, 0.25) is 17.8 Å². The summed E-state index contributed by atoms with van der Waals surface area (Å²) in [6.07, 6.45) is 0.125. The molecular formula is C24H21N3O6S2. The van der Waals surface area contributed by atoms with E-state index in [1.165, 1.54) is 32.5 Å². The molecule has 4 heterocycles. The summed E-state index contributed by atoms with van der Waals surface area (Å²) in [4.78, 5) is 58.2. The van der Waals surface area contributed by atoms with Crippen molar-refractivity contribution in [3.05, 3.63) is 63.3 Å². The van der Waals surface area contributed by atoms with Crippen LogP contribution in [-0.4, -0.2) is 57.7 Å². The van der Waals surface area contributed by atoms with Crippen LogP contribution in [-0.2, 0) is 9.59 Å². The Labute approximate surface area is 208 Å². The molecule has 1 saturated heterocycles. The number of para-hydroxylation sites is 1. The zero-order valence-corrected chi connectivity index (χ0v) is 20.1. The van der Waals surface area contributed by atoms with Crippen molar-refractivity contribution in [2.45, 2.75) is 31.4 Å². The summed E-state index contributed by atoms with van der Waals surface area (Å²) in [6, 6.07) is 9.60. The predicted molar refractivity (Wildman–Crippen MR) is 129 cm³/mol. The van der Waals surface area contributed by atoms with Gasteiger partial charge in [-0.15, -0.1) is 22.7 Å². The summed E-state index contributed by atoms with van der Waals surface area (Å²) < 4.78 is 5.81. The summed E-state index contributed by atoms with van der Waals surface area (Å²) in [5.74, 6) is -1.35. The lowest BCUT2D eigenvalue weighted by Gasteiger charge is -2.24. The summed E-state index contributed by atoms with van der Waals surface area (Å²) in [7, 11) is 0. The lowest BCUT2D eigenvalue weighted by atomic mass is 10.1. The Hall–Kier alpha value is -3.57. The fourth-order valence-electron chi connectivity index (χ4n) is 4.30. The van der Waals surface area contributed by atoms with Crippen molar-refractivity contribution in [3.63, 3.8) is 0 Å². The van der Waals surface area contributed by atoms with Gasteiger partial charge in [-0.05, 0) is 36.4 Å². The van der Waals surface area contributed by atoms with E-state index in [9.17, 15) is 24.3 Å². The topological polar surface area (TPSA) is 117 Å². The first-order chi connectivity index (χ1) is 16.9. The Bertz CT molecular complexity index is 1290. The van der Waals surface area contributed by atoms with E-state index < -0.39 is 18.1 Å². The third-order valence-corrected chi connectivity index (χ3v) is 7.77. The summed E-state index contributed by atoms with van der Waals surface area (Å²) in [5, 5.41) is 13.2. The number of thiophene rings is 1. The number of nitrogens with zero attached hydrogens (tertiary/aromatic N) is 3. The number of rotatable bonds is 7. The van der Waals surface area contributed by atoms with E-state index in [1.54, 1.807) is 47.2 Å². The maximum absolute atomic E-state index is 13.3. The Kier molecular flexibility index (Phi) is 6.35. The lowest BCUT2D eigenvalue weighted by molar-refractivity contribution is -0.148. The quantitative estimate of drug-likeness (QED) is 0.515. The molecule has 2 atom stereocenters. The molecule has 0 bridgehead atoms. The third kappa shape index (κ3) is 4.44. The number of ketones is 1. The average molecular weight is 512 g/mol. The van der Waals surface area contributed by atoms with E-state index in [2.05, 4.69) is 4.98 Å². The minimum atomic E-state index is -1.02. The van der Waals surface area contributed by atoms with Gasteiger partial charge in [0.1, 0.15) is 17.5 Å². The lowest BCUT2D eigenvalue weighted by Crippen LogP contribution is -2.42. The van der Waals surface area contributed by atoms with E-state index in [0.717, 1.165) is 0 Å². The number of carbonyl (C=O) groups excluding carboxylic acids is 3. The van der Waals surface area contributed by atoms with E-state index >= 15 is 0 Å². The van der Waals surface area contributed by atoms with Crippen molar-refractivity contribution in [2.75, 3.05) is 18.0 Å². The van der Waals surface area contributed by atoms with Crippen molar-refractivity contribution < 1.29 is 29.0 Å². The van der Waals surface area contributed by atoms with Gasteiger partial charge in [-0.25, -0.2) is 9.78 Å². The van der Waals surface area contributed by atoms with Gasteiger partial charge in [-0.3, -0.25) is 19.3 Å². The van der Waals surface area contributed by atoms with Crippen LogP contribution in [0.3, 0.4) is 0 Å². The summed E-state index contributed by atoms with van der Waals surface area (Å²) in [6.45, 7) is 0.419. The monoisotopic (exact) mass is 511 g/mol. The molecular weight excluding hydrogens is 490 g/mol. The van der Waals surface area contributed by atoms with Gasteiger partial charge in [0.15, 0.2) is 5.13 Å². The molecule has 1 aromatic carbocycles. The average Bonchev–Trinajstić information content (AvgIpc) is 3.66. The number of carbonyl (C=O) groups is 4. The molecule has 35 heavy (non-hydrogen) atoms. The van der Waals surface area contributed by atoms with Crippen LogP contribution in [0.25, 0.3) is 0 Å². The van der Waals surface area contributed by atoms with Crippen LogP contribution in [0.4, 0.5) is 5.13 Å². The molecule has 3 aromatic rings. The zero-order chi connectivity index (χ0) is 24.5. The predicted octanol–water partition coefficient (Wildman–Crippen LogP) is 3.63. The highest BCUT2D eigenvalue weighted by Crippen LogP contribution is 2.38. The number of carboxylic acids is 1.